The highest BCUT2D eigenvalue weighted by molar-refractivity contribution is 5.95. The van der Waals surface area contributed by atoms with Gasteiger partial charge in [-0.2, -0.15) is 0 Å². The number of carboxylic acid groups (broad SMARTS) is 1. The van der Waals surface area contributed by atoms with E-state index in [-0.39, 0.29) is 61.3 Å². The fraction of sp³-hybridized carbons (Fsp3) is 0.545. The molecule has 0 radical (unpaired) electrons. The first kappa shape index (κ1) is 24.8. The molecular formula is C22H30O9. The largest absolute Gasteiger partial charge is 0.478 e. The van der Waals surface area contributed by atoms with Crippen molar-refractivity contribution in [1.82, 2.24) is 0 Å². The van der Waals surface area contributed by atoms with Gasteiger partial charge in [0.1, 0.15) is 28.9 Å². The van der Waals surface area contributed by atoms with Crippen LogP contribution in [-0.4, -0.2) is 62.7 Å². The molecule has 2 atom stereocenters. The Balaban J connectivity index is 2.17. The van der Waals surface area contributed by atoms with Crippen molar-refractivity contribution in [2.75, 3.05) is 27.8 Å². The number of Topliss-reactive ketones (excluding diaryl/α,β-unsaturated/α-hetero) is 1. The van der Waals surface area contributed by atoms with E-state index in [1.165, 1.54) is 26.4 Å². The second kappa shape index (κ2) is 11.2. The van der Waals surface area contributed by atoms with Crippen LogP contribution in [0.5, 0.6) is 11.5 Å². The highest BCUT2D eigenvalue weighted by Gasteiger charge is 2.39. The van der Waals surface area contributed by atoms with Crippen LogP contribution >= 0.6 is 0 Å². The lowest BCUT2D eigenvalue weighted by Gasteiger charge is -2.17. The van der Waals surface area contributed by atoms with Gasteiger partial charge in [-0.25, -0.2) is 4.79 Å². The Labute approximate surface area is 181 Å². The topological polar surface area (TPSA) is 110 Å². The van der Waals surface area contributed by atoms with Crippen molar-refractivity contribution in [2.45, 2.75) is 51.1 Å². The number of methoxy groups -OCH3 is 2. The summed E-state index contributed by atoms with van der Waals surface area (Å²) in [6, 6.07) is 2.93. The first-order chi connectivity index (χ1) is 14.7. The third kappa shape index (κ3) is 7.03. The minimum Gasteiger partial charge on any atom is -0.478 e. The SMILES string of the molecule is C=CC1OC(C)(C)OC1CCC(=O)Cc1cc(OCOC)cc(OCOC)c1C(=O)O. The second-order valence-corrected chi connectivity index (χ2v) is 7.49. The quantitative estimate of drug-likeness (QED) is 0.367. The summed E-state index contributed by atoms with van der Waals surface area (Å²) < 4.78 is 32.2. The standard InChI is InChI=1S/C22H30O9/c1-6-17-18(31-22(2,3)30-17)8-7-15(23)9-14-10-16(28-12-26-4)11-19(29-13-27-5)20(14)21(24)25/h6,10-11,17-18H,1,7-9,12-13H2,2-5H3,(H,24,25). The molecule has 9 heteroatoms. The van der Waals surface area contributed by atoms with Gasteiger partial charge in [0.25, 0.3) is 0 Å². The van der Waals surface area contributed by atoms with Crippen molar-refractivity contribution >= 4 is 11.8 Å². The average molecular weight is 438 g/mol. The molecule has 1 aromatic carbocycles. The fourth-order valence-electron chi connectivity index (χ4n) is 3.36. The van der Waals surface area contributed by atoms with Gasteiger partial charge < -0.3 is 33.5 Å². The maximum absolute atomic E-state index is 12.7. The van der Waals surface area contributed by atoms with Crippen LogP contribution in [0.25, 0.3) is 0 Å². The Morgan fingerprint density at radius 3 is 2.45 bits per heavy atom. The van der Waals surface area contributed by atoms with E-state index in [4.69, 9.17) is 28.4 Å². The molecule has 1 heterocycles. The van der Waals surface area contributed by atoms with Gasteiger partial charge in [-0.05, 0) is 31.9 Å². The molecule has 0 saturated carbocycles. The summed E-state index contributed by atoms with van der Waals surface area (Å²) in [5.74, 6) is -1.74. The Morgan fingerprint density at radius 2 is 1.84 bits per heavy atom. The Morgan fingerprint density at radius 1 is 1.16 bits per heavy atom. The molecule has 9 nitrogen and oxygen atoms in total. The number of hydrogen-bond donors (Lipinski definition) is 1. The third-order valence-corrected chi connectivity index (χ3v) is 4.60. The smallest absolute Gasteiger partial charge is 0.339 e. The Kier molecular flexibility index (Phi) is 9.00. The minimum atomic E-state index is -1.21. The van der Waals surface area contributed by atoms with Crippen molar-refractivity contribution in [3.8, 4) is 11.5 Å². The van der Waals surface area contributed by atoms with Crippen molar-refractivity contribution in [1.29, 1.82) is 0 Å². The van der Waals surface area contributed by atoms with Gasteiger partial charge in [0, 0.05) is 33.1 Å². The van der Waals surface area contributed by atoms with Crippen molar-refractivity contribution < 1.29 is 43.1 Å². The molecule has 1 aliphatic heterocycles. The molecule has 0 spiro atoms. The molecule has 2 unspecified atom stereocenters. The van der Waals surface area contributed by atoms with Crippen LogP contribution in [0.3, 0.4) is 0 Å². The van der Waals surface area contributed by atoms with E-state index in [2.05, 4.69) is 6.58 Å². The predicted octanol–water partition coefficient (Wildman–Crippen LogP) is 2.95. The first-order valence-corrected chi connectivity index (χ1v) is 9.84. The molecule has 2 rings (SSSR count). The third-order valence-electron chi connectivity index (χ3n) is 4.60. The van der Waals surface area contributed by atoms with Crippen LogP contribution in [0.15, 0.2) is 24.8 Å². The molecule has 0 aliphatic carbocycles. The van der Waals surface area contributed by atoms with E-state index >= 15 is 0 Å². The zero-order chi connectivity index (χ0) is 23.0. The number of hydrogen-bond acceptors (Lipinski definition) is 8. The van der Waals surface area contributed by atoms with Gasteiger partial charge in [-0.15, -0.1) is 6.58 Å². The highest BCUT2D eigenvalue weighted by atomic mass is 16.7. The van der Waals surface area contributed by atoms with Gasteiger partial charge in [-0.1, -0.05) is 6.08 Å². The monoisotopic (exact) mass is 438 g/mol. The second-order valence-electron chi connectivity index (χ2n) is 7.49. The summed E-state index contributed by atoms with van der Waals surface area (Å²) >= 11 is 0. The number of carboxylic acids is 1. The first-order valence-electron chi connectivity index (χ1n) is 9.84. The lowest BCUT2D eigenvalue weighted by molar-refractivity contribution is -0.144. The molecule has 1 aliphatic rings. The van der Waals surface area contributed by atoms with E-state index in [0.29, 0.717) is 12.2 Å². The summed E-state index contributed by atoms with van der Waals surface area (Å²) in [6.45, 7) is 7.16. The Bertz CT molecular complexity index is 787. The molecule has 0 bridgehead atoms. The van der Waals surface area contributed by atoms with Crippen molar-refractivity contribution in [3.05, 3.63) is 35.9 Å². The number of ether oxygens (including phenoxy) is 6. The number of ketones is 1. The summed E-state index contributed by atoms with van der Waals surface area (Å²) in [7, 11) is 2.88. The summed E-state index contributed by atoms with van der Waals surface area (Å²) in [6.07, 6.45) is 1.55. The highest BCUT2D eigenvalue weighted by Crippen LogP contribution is 2.32. The van der Waals surface area contributed by atoms with Gasteiger partial charge in [0.05, 0.1) is 6.10 Å². The van der Waals surface area contributed by atoms with E-state index in [1.54, 1.807) is 19.9 Å². The van der Waals surface area contributed by atoms with Crippen LogP contribution in [0, 0.1) is 0 Å². The molecule has 172 valence electrons. The van der Waals surface area contributed by atoms with Crippen LogP contribution in [0.4, 0.5) is 0 Å². The van der Waals surface area contributed by atoms with Gasteiger partial charge in [-0.3, -0.25) is 4.79 Å². The van der Waals surface area contributed by atoms with Crippen LogP contribution in [0.1, 0.15) is 42.6 Å². The maximum Gasteiger partial charge on any atom is 0.339 e. The predicted molar refractivity (Wildman–Crippen MR) is 110 cm³/mol. The zero-order valence-corrected chi connectivity index (χ0v) is 18.3. The lowest BCUT2D eigenvalue weighted by atomic mass is 9.97. The van der Waals surface area contributed by atoms with Gasteiger partial charge >= 0.3 is 5.97 Å². The lowest BCUT2D eigenvalue weighted by Crippen LogP contribution is -2.22. The van der Waals surface area contributed by atoms with Crippen molar-refractivity contribution in [2.24, 2.45) is 0 Å². The fourth-order valence-corrected chi connectivity index (χ4v) is 3.36. The summed E-state index contributed by atoms with van der Waals surface area (Å²) in [5.41, 5.74) is 0.169. The van der Waals surface area contributed by atoms with Crippen LogP contribution < -0.4 is 9.47 Å². The summed E-state index contributed by atoms with van der Waals surface area (Å²) in [4.78, 5) is 24.6. The van der Waals surface area contributed by atoms with Crippen LogP contribution in [-0.2, 0) is 30.2 Å². The van der Waals surface area contributed by atoms with E-state index < -0.39 is 11.8 Å². The van der Waals surface area contributed by atoms with Crippen LogP contribution in [0.2, 0.25) is 0 Å². The molecule has 1 N–H and O–H groups in total. The van der Waals surface area contributed by atoms with Gasteiger partial charge in [0.2, 0.25) is 0 Å². The zero-order valence-electron chi connectivity index (χ0n) is 18.3. The molecule has 1 fully saturated rings. The summed E-state index contributed by atoms with van der Waals surface area (Å²) in [5, 5.41) is 9.71. The number of rotatable bonds is 13. The normalized spacial score (nSPS) is 19.7. The van der Waals surface area contributed by atoms with Crippen molar-refractivity contribution in [3.63, 3.8) is 0 Å². The van der Waals surface area contributed by atoms with E-state index in [0.717, 1.165) is 0 Å². The maximum atomic E-state index is 12.7. The average Bonchev–Trinajstić information content (AvgIpc) is 3.02. The number of carbonyl (C=O) groups excluding carboxylic acids is 1. The minimum absolute atomic E-state index is 0.0404. The number of carbonyl (C=O) groups is 2. The van der Waals surface area contributed by atoms with E-state index in [1.807, 2.05) is 0 Å². The van der Waals surface area contributed by atoms with Gasteiger partial charge in [0.15, 0.2) is 19.4 Å². The molecule has 1 aromatic rings. The molecular weight excluding hydrogens is 408 g/mol. The van der Waals surface area contributed by atoms with E-state index in [9.17, 15) is 14.7 Å². The Hall–Kier alpha value is -2.46. The number of aromatic carboxylic acids is 1. The molecule has 0 amide bonds. The molecule has 1 saturated heterocycles. The number of benzene rings is 1. The molecule has 0 aromatic heterocycles. The molecule has 31 heavy (non-hydrogen) atoms.